The molecule has 0 spiro atoms. The summed E-state index contributed by atoms with van der Waals surface area (Å²) in [7, 11) is 0. The highest BCUT2D eigenvalue weighted by Gasteiger charge is 2.34. The van der Waals surface area contributed by atoms with Crippen LogP contribution in [-0.4, -0.2) is 54.1 Å². The Morgan fingerprint density at radius 2 is 1.66 bits per heavy atom. The molecule has 0 radical (unpaired) electrons. The van der Waals surface area contributed by atoms with Crippen LogP contribution in [0, 0.1) is 0 Å². The third-order valence-corrected chi connectivity index (χ3v) is 4.90. The monoisotopic (exact) mass is 450 g/mol. The van der Waals surface area contributed by atoms with Gasteiger partial charge in [-0.05, 0) is 29.8 Å². The van der Waals surface area contributed by atoms with E-state index in [-0.39, 0.29) is 36.4 Å². The zero-order valence-corrected chi connectivity index (χ0v) is 16.9. The molecule has 0 unspecified atom stereocenters. The van der Waals surface area contributed by atoms with Crippen molar-refractivity contribution >= 4 is 23.8 Å². The number of rotatable bonds is 4. The number of carbonyl (C=O) groups is 3. The van der Waals surface area contributed by atoms with E-state index in [1.807, 2.05) is 0 Å². The second kappa shape index (κ2) is 9.69. The summed E-state index contributed by atoms with van der Waals surface area (Å²) in [4.78, 5) is 38.3. The van der Waals surface area contributed by atoms with E-state index in [9.17, 15) is 27.6 Å². The molecule has 2 aromatic rings. The fraction of sp³-hybridized carbons (Fsp3) is 0.286. The number of nitrogens with zero attached hydrogens (tertiary/aromatic N) is 2. The highest BCUT2D eigenvalue weighted by molar-refractivity contribution is 5.96. The van der Waals surface area contributed by atoms with Crippen LogP contribution in [0.2, 0.25) is 0 Å². The van der Waals surface area contributed by atoms with Crippen molar-refractivity contribution in [3.05, 3.63) is 65.2 Å². The SMILES string of the molecule is NC(=O)Nc1ccc(CN2CCN(C(=O)OC(=O)c3ccccc3)CC2)c(C(F)(F)F)c1. The summed E-state index contributed by atoms with van der Waals surface area (Å²) in [5, 5.41) is 2.13. The number of carbonyl (C=O) groups excluding carboxylic acids is 3. The van der Waals surface area contributed by atoms with Gasteiger partial charge >= 0.3 is 24.3 Å². The fourth-order valence-electron chi connectivity index (χ4n) is 3.30. The zero-order chi connectivity index (χ0) is 23.3. The van der Waals surface area contributed by atoms with Crippen molar-refractivity contribution in [1.29, 1.82) is 0 Å². The fourth-order valence-corrected chi connectivity index (χ4v) is 3.30. The topological polar surface area (TPSA) is 105 Å². The van der Waals surface area contributed by atoms with E-state index in [1.165, 1.54) is 29.2 Å². The molecule has 0 bridgehead atoms. The van der Waals surface area contributed by atoms with E-state index in [1.54, 1.807) is 23.1 Å². The average molecular weight is 450 g/mol. The van der Waals surface area contributed by atoms with Crippen molar-refractivity contribution in [3.8, 4) is 0 Å². The number of nitrogens with two attached hydrogens (primary N) is 1. The number of hydrogen-bond donors (Lipinski definition) is 2. The molecule has 11 heteroatoms. The number of anilines is 1. The van der Waals surface area contributed by atoms with E-state index in [2.05, 4.69) is 5.32 Å². The summed E-state index contributed by atoms with van der Waals surface area (Å²) in [5.74, 6) is -0.766. The van der Waals surface area contributed by atoms with Crippen LogP contribution in [0.5, 0.6) is 0 Å². The number of ether oxygens (including phenoxy) is 1. The van der Waals surface area contributed by atoms with Gasteiger partial charge in [-0.2, -0.15) is 13.2 Å². The number of nitrogens with one attached hydrogen (secondary N) is 1. The largest absolute Gasteiger partial charge is 0.417 e. The highest BCUT2D eigenvalue weighted by Crippen LogP contribution is 2.34. The summed E-state index contributed by atoms with van der Waals surface area (Å²) in [5.41, 5.74) is 4.32. The van der Waals surface area contributed by atoms with Crippen LogP contribution in [0.3, 0.4) is 0 Å². The Morgan fingerprint density at radius 3 is 2.25 bits per heavy atom. The molecule has 3 amide bonds. The molecule has 3 N–H and O–H groups in total. The molecule has 0 saturated carbocycles. The lowest BCUT2D eigenvalue weighted by Gasteiger charge is -2.34. The minimum absolute atomic E-state index is 0.00245. The van der Waals surface area contributed by atoms with Gasteiger partial charge in [-0.3, -0.25) is 4.90 Å². The zero-order valence-electron chi connectivity index (χ0n) is 16.9. The highest BCUT2D eigenvalue weighted by atomic mass is 19.4. The number of hydrogen-bond acceptors (Lipinski definition) is 5. The van der Waals surface area contributed by atoms with Crippen molar-refractivity contribution in [2.45, 2.75) is 12.7 Å². The predicted octanol–water partition coefficient (Wildman–Crippen LogP) is 3.29. The smallest absolute Gasteiger partial charge is 0.372 e. The third kappa shape index (κ3) is 5.97. The quantitative estimate of drug-likeness (QED) is 0.550. The van der Waals surface area contributed by atoms with Gasteiger partial charge in [-0.1, -0.05) is 24.3 Å². The molecule has 0 aromatic heterocycles. The van der Waals surface area contributed by atoms with Crippen LogP contribution in [0.25, 0.3) is 0 Å². The molecule has 0 atom stereocenters. The summed E-state index contributed by atoms with van der Waals surface area (Å²) in [6.07, 6.45) is -5.41. The average Bonchev–Trinajstić information content (AvgIpc) is 2.74. The van der Waals surface area contributed by atoms with Gasteiger partial charge in [-0.25, -0.2) is 14.4 Å². The van der Waals surface area contributed by atoms with E-state index in [4.69, 9.17) is 10.5 Å². The maximum absolute atomic E-state index is 13.5. The van der Waals surface area contributed by atoms with Crippen molar-refractivity contribution in [2.24, 2.45) is 5.73 Å². The van der Waals surface area contributed by atoms with Gasteiger partial charge < -0.3 is 20.7 Å². The van der Waals surface area contributed by atoms with E-state index < -0.39 is 29.8 Å². The summed E-state index contributed by atoms with van der Waals surface area (Å²) in [6, 6.07) is 10.6. The lowest BCUT2D eigenvalue weighted by Crippen LogP contribution is -2.48. The molecule has 2 aromatic carbocycles. The molecule has 1 saturated heterocycles. The molecule has 1 fully saturated rings. The van der Waals surface area contributed by atoms with Crippen LogP contribution in [0.4, 0.5) is 28.4 Å². The molecular weight excluding hydrogens is 429 g/mol. The lowest BCUT2D eigenvalue weighted by molar-refractivity contribution is -0.138. The van der Waals surface area contributed by atoms with Crippen molar-refractivity contribution in [3.63, 3.8) is 0 Å². The molecule has 1 aliphatic rings. The van der Waals surface area contributed by atoms with Crippen LogP contribution < -0.4 is 11.1 Å². The number of primary amides is 1. The maximum atomic E-state index is 13.5. The normalized spacial score (nSPS) is 14.7. The van der Waals surface area contributed by atoms with Crippen LogP contribution in [0.1, 0.15) is 21.5 Å². The first-order valence-electron chi connectivity index (χ1n) is 9.68. The Morgan fingerprint density at radius 1 is 1.00 bits per heavy atom. The first-order valence-corrected chi connectivity index (χ1v) is 9.68. The third-order valence-electron chi connectivity index (χ3n) is 4.90. The van der Waals surface area contributed by atoms with Gasteiger partial charge in [0, 0.05) is 38.4 Å². The second-order valence-electron chi connectivity index (χ2n) is 7.14. The van der Waals surface area contributed by atoms with Gasteiger partial charge in [0.1, 0.15) is 0 Å². The Bertz CT molecular complexity index is 990. The number of piperazine rings is 1. The van der Waals surface area contributed by atoms with Gasteiger partial charge in [0.2, 0.25) is 0 Å². The number of urea groups is 1. The van der Waals surface area contributed by atoms with Crippen molar-refractivity contribution in [1.82, 2.24) is 9.80 Å². The van der Waals surface area contributed by atoms with Gasteiger partial charge in [0.15, 0.2) is 0 Å². The predicted molar refractivity (Wildman–Crippen MR) is 109 cm³/mol. The molecule has 8 nitrogen and oxygen atoms in total. The Balaban J connectivity index is 1.59. The summed E-state index contributed by atoms with van der Waals surface area (Å²) < 4.78 is 45.3. The van der Waals surface area contributed by atoms with E-state index in [0.717, 1.165) is 6.07 Å². The molecule has 0 aliphatic carbocycles. The number of benzene rings is 2. The standard InChI is InChI=1S/C21H21F3N4O4/c22-21(23,24)17-12-16(26-19(25)30)7-6-15(17)13-27-8-10-28(11-9-27)20(31)32-18(29)14-4-2-1-3-5-14/h1-7,12H,8-11,13H2,(H3,25,26,30). The van der Waals surface area contributed by atoms with Crippen molar-refractivity contribution < 1.29 is 32.3 Å². The molecule has 170 valence electrons. The maximum Gasteiger partial charge on any atom is 0.417 e. The van der Waals surface area contributed by atoms with Crippen LogP contribution >= 0.6 is 0 Å². The first-order chi connectivity index (χ1) is 15.1. The Labute approximate surface area is 181 Å². The lowest BCUT2D eigenvalue weighted by atomic mass is 10.0. The van der Waals surface area contributed by atoms with Crippen molar-refractivity contribution in [2.75, 3.05) is 31.5 Å². The number of alkyl halides is 3. The molecule has 3 rings (SSSR count). The second-order valence-corrected chi connectivity index (χ2v) is 7.14. The van der Waals surface area contributed by atoms with Crippen LogP contribution in [0.15, 0.2) is 48.5 Å². The molecule has 1 heterocycles. The van der Waals surface area contributed by atoms with Crippen LogP contribution in [-0.2, 0) is 17.5 Å². The molecule has 32 heavy (non-hydrogen) atoms. The van der Waals surface area contributed by atoms with Gasteiger partial charge in [0.25, 0.3) is 0 Å². The number of amides is 3. The summed E-state index contributed by atoms with van der Waals surface area (Å²) >= 11 is 0. The number of esters is 1. The molecule has 1 aliphatic heterocycles. The minimum Gasteiger partial charge on any atom is -0.372 e. The number of halogens is 3. The Hall–Kier alpha value is -3.60. The van der Waals surface area contributed by atoms with Gasteiger partial charge in [-0.15, -0.1) is 0 Å². The summed E-state index contributed by atoms with van der Waals surface area (Å²) in [6.45, 7) is 0.991. The molecular formula is C21H21F3N4O4. The first kappa shape index (κ1) is 23.1. The van der Waals surface area contributed by atoms with Gasteiger partial charge in [0.05, 0.1) is 11.1 Å². The minimum atomic E-state index is -4.62. The Kier molecular flexibility index (Phi) is 6.98. The van der Waals surface area contributed by atoms with E-state index >= 15 is 0 Å². The van der Waals surface area contributed by atoms with E-state index in [0.29, 0.717) is 13.1 Å².